The van der Waals surface area contributed by atoms with Crippen molar-refractivity contribution in [3.05, 3.63) is 35.9 Å². The van der Waals surface area contributed by atoms with Crippen molar-refractivity contribution in [1.29, 1.82) is 0 Å². The number of carbonyl (C=O) groups excluding carboxylic acids is 1. The molecule has 6 nitrogen and oxygen atoms in total. The summed E-state index contributed by atoms with van der Waals surface area (Å²) in [6, 6.07) is 9.17. The normalized spacial score (nSPS) is 10.6. The predicted octanol–water partition coefficient (Wildman–Crippen LogP) is 0.927. The zero-order valence-corrected chi connectivity index (χ0v) is 10.7. The van der Waals surface area contributed by atoms with Gasteiger partial charge in [-0.1, -0.05) is 30.3 Å². The van der Waals surface area contributed by atoms with Crippen LogP contribution >= 0.6 is 12.2 Å². The Bertz CT molecular complexity index is 448. The standard InChI is InChI=1S/C11H14N4O2S/c1-2-17-11(16)13-10(18)15-14-9(12)8-6-4-3-5-7-8/h3-7H,2H2,1H3,(H2,12,14)(H2,13,15,16,18). The van der Waals surface area contributed by atoms with Gasteiger partial charge in [0.15, 0.2) is 10.9 Å². The van der Waals surface area contributed by atoms with Crippen LogP contribution in [0.2, 0.25) is 0 Å². The highest BCUT2D eigenvalue weighted by Gasteiger charge is 2.03. The molecule has 0 radical (unpaired) electrons. The highest BCUT2D eigenvalue weighted by Crippen LogP contribution is 1.96. The van der Waals surface area contributed by atoms with E-state index in [2.05, 4.69) is 20.6 Å². The summed E-state index contributed by atoms with van der Waals surface area (Å²) >= 11 is 4.83. The van der Waals surface area contributed by atoms with E-state index in [9.17, 15) is 4.79 Å². The molecule has 0 fully saturated rings. The number of hydrogen-bond donors (Lipinski definition) is 3. The van der Waals surface area contributed by atoms with Crippen molar-refractivity contribution in [2.45, 2.75) is 6.92 Å². The van der Waals surface area contributed by atoms with Gasteiger partial charge in [0.1, 0.15) is 0 Å². The van der Waals surface area contributed by atoms with Gasteiger partial charge in [-0.3, -0.25) is 10.7 Å². The van der Waals surface area contributed by atoms with Gasteiger partial charge in [-0.25, -0.2) is 4.79 Å². The monoisotopic (exact) mass is 266 g/mol. The van der Waals surface area contributed by atoms with Gasteiger partial charge in [-0.2, -0.15) is 5.10 Å². The Balaban J connectivity index is 2.49. The zero-order chi connectivity index (χ0) is 13.4. The van der Waals surface area contributed by atoms with Crippen molar-refractivity contribution in [2.75, 3.05) is 6.61 Å². The average Bonchev–Trinajstić information content (AvgIpc) is 2.37. The molecule has 7 heteroatoms. The second-order valence-corrected chi connectivity index (χ2v) is 3.56. The molecule has 4 N–H and O–H groups in total. The first-order chi connectivity index (χ1) is 8.63. The second-order valence-electron chi connectivity index (χ2n) is 3.15. The smallest absolute Gasteiger partial charge is 0.413 e. The molecule has 0 saturated carbocycles. The van der Waals surface area contributed by atoms with E-state index in [1.54, 1.807) is 6.92 Å². The van der Waals surface area contributed by atoms with Crippen LogP contribution in [0.4, 0.5) is 4.79 Å². The summed E-state index contributed by atoms with van der Waals surface area (Å²) in [5.74, 6) is 0.267. The Morgan fingerprint density at radius 3 is 2.72 bits per heavy atom. The quantitative estimate of drug-likeness (QED) is 0.328. The zero-order valence-electron chi connectivity index (χ0n) is 9.84. The Morgan fingerprint density at radius 2 is 2.11 bits per heavy atom. The molecular formula is C11H14N4O2S. The third-order valence-corrected chi connectivity index (χ3v) is 2.03. The number of amides is 1. The number of alkyl carbamates (subject to hydrolysis) is 1. The molecule has 0 spiro atoms. The predicted molar refractivity (Wildman–Crippen MR) is 73.1 cm³/mol. The molecule has 1 rings (SSSR count). The van der Waals surface area contributed by atoms with Crippen LogP contribution in [0.5, 0.6) is 0 Å². The fraction of sp³-hybridized carbons (Fsp3) is 0.182. The van der Waals surface area contributed by atoms with Crippen molar-refractivity contribution < 1.29 is 9.53 Å². The molecule has 18 heavy (non-hydrogen) atoms. The largest absolute Gasteiger partial charge is 0.450 e. The summed E-state index contributed by atoms with van der Waals surface area (Å²) in [7, 11) is 0. The van der Waals surface area contributed by atoms with Crippen LogP contribution in [-0.4, -0.2) is 23.6 Å². The summed E-state index contributed by atoms with van der Waals surface area (Å²) < 4.78 is 4.65. The van der Waals surface area contributed by atoms with E-state index in [4.69, 9.17) is 18.0 Å². The fourth-order valence-electron chi connectivity index (χ4n) is 1.07. The van der Waals surface area contributed by atoms with Gasteiger partial charge in [0.05, 0.1) is 6.61 Å². The van der Waals surface area contributed by atoms with Gasteiger partial charge in [-0.15, -0.1) is 0 Å². The second kappa shape index (κ2) is 7.23. The number of hydrogen-bond acceptors (Lipinski definition) is 4. The van der Waals surface area contributed by atoms with Crippen molar-refractivity contribution in [2.24, 2.45) is 10.8 Å². The lowest BCUT2D eigenvalue weighted by Gasteiger charge is -2.06. The fourth-order valence-corrected chi connectivity index (χ4v) is 1.20. The summed E-state index contributed by atoms with van der Waals surface area (Å²) in [5, 5.41) is 6.15. The van der Waals surface area contributed by atoms with E-state index in [1.807, 2.05) is 30.3 Å². The summed E-state index contributed by atoms with van der Waals surface area (Å²) in [6.07, 6.45) is -0.636. The van der Waals surface area contributed by atoms with E-state index in [1.165, 1.54) is 0 Å². The number of carbonyl (C=O) groups is 1. The maximum absolute atomic E-state index is 11.0. The van der Waals surface area contributed by atoms with Crippen LogP contribution in [0.1, 0.15) is 12.5 Å². The molecular weight excluding hydrogens is 252 g/mol. The van der Waals surface area contributed by atoms with Gasteiger partial charge < -0.3 is 10.5 Å². The Kier molecular flexibility index (Phi) is 5.59. The number of ether oxygens (including phenoxy) is 1. The third-order valence-electron chi connectivity index (χ3n) is 1.84. The molecule has 0 saturated heterocycles. The molecule has 0 aliphatic rings. The average molecular weight is 266 g/mol. The molecule has 0 heterocycles. The topological polar surface area (TPSA) is 88.7 Å². The number of hydrazone groups is 1. The molecule has 0 aliphatic carbocycles. The van der Waals surface area contributed by atoms with Crippen LogP contribution in [0.3, 0.4) is 0 Å². The lowest BCUT2D eigenvalue weighted by atomic mass is 10.2. The minimum Gasteiger partial charge on any atom is -0.450 e. The molecule has 1 aromatic carbocycles. The molecule has 1 aromatic rings. The molecule has 0 unspecified atom stereocenters. The molecule has 1 amide bonds. The number of amidine groups is 1. The first-order valence-electron chi connectivity index (χ1n) is 5.25. The third kappa shape index (κ3) is 4.79. The van der Waals surface area contributed by atoms with Gasteiger partial charge in [-0.05, 0) is 19.1 Å². The molecule has 0 atom stereocenters. The minimum atomic E-state index is -0.636. The molecule has 0 aromatic heterocycles. The van der Waals surface area contributed by atoms with Crippen LogP contribution < -0.4 is 16.5 Å². The number of thiocarbonyl (C=S) groups is 1. The van der Waals surface area contributed by atoms with Crippen molar-refractivity contribution in [1.82, 2.24) is 10.7 Å². The number of nitrogens with two attached hydrogens (primary N) is 1. The van der Waals surface area contributed by atoms with Crippen LogP contribution in [-0.2, 0) is 4.74 Å². The summed E-state index contributed by atoms with van der Waals surface area (Å²) in [4.78, 5) is 11.0. The number of benzene rings is 1. The van der Waals surface area contributed by atoms with Gasteiger partial charge in [0, 0.05) is 5.56 Å². The molecule has 96 valence electrons. The number of nitrogens with one attached hydrogen (secondary N) is 2. The number of nitrogens with zero attached hydrogens (tertiary/aromatic N) is 1. The first kappa shape index (κ1) is 13.9. The maximum Gasteiger partial charge on any atom is 0.413 e. The van der Waals surface area contributed by atoms with Gasteiger partial charge >= 0.3 is 6.09 Å². The van der Waals surface area contributed by atoms with E-state index < -0.39 is 6.09 Å². The van der Waals surface area contributed by atoms with E-state index in [0.717, 1.165) is 5.56 Å². The highest BCUT2D eigenvalue weighted by molar-refractivity contribution is 7.80. The van der Waals surface area contributed by atoms with Gasteiger partial charge in [0.25, 0.3) is 0 Å². The van der Waals surface area contributed by atoms with Crippen LogP contribution in [0.25, 0.3) is 0 Å². The van der Waals surface area contributed by atoms with E-state index in [0.29, 0.717) is 0 Å². The SMILES string of the molecule is CCOC(=O)NC(=S)N/N=C(\N)c1ccccc1. The van der Waals surface area contributed by atoms with E-state index in [-0.39, 0.29) is 17.6 Å². The summed E-state index contributed by atoms with van der Waals surface area (Å²) in [6.45, 7) is 1.96. The lowest BCUT2D eigenvalue weighted by molar-refractivity contribution is 0.157. The van der Waals surface area contributed by atoms with E-state index >= 15 is 0 Å². The lowest BCUT2D eigenvalue weighted by Crippen LogP contribution is -2.38. The van der Waals surface area contributed by atoms with Crippen LogP contribution in [0.15, 0.2) is 35.4 Å². The Hall–Kier alpha value is -2.15. The van der Waals surface area contributed by atoms with Crippen molar-refractivity contribution >= 4 is 29.3 Å². The minimum absolute atomic E-state index is 0.0207. The van der Waals surface area contributed by atoms with Crippen LogP contribution in [0, 0.1) is 0 Å². The molecule has 0 aliphatic heterocycles. The first-order valence-corrected chi connectivity index (χ1v) is 5.66. The Labute approximate surface area is 110 Å². The summed E-state index contributed by atoms with van der Waals surface area (Å²) in [5.41, 5.74) is 8.92. The Morgan fingerprint density at radius 1 is 1.44 bits per heavy atom. The van der Waals surface area contributed by atoms with Crippen molar-refractivity contribution in [3.8, 4) is 0 Å². The maximum atomic E-state index is 11.0. The molecule has 0 bridgehead atoms. The highest BCUT2D eigenvalue weighted by atomic mass is 32.1. The number of rotatable bonds is 3. The van der Waals surface area contributed by atoms with Gasteiger partial charge in [0.2, 0.25) is 0 Å². The van der Waals surface area contributed by atoms with Crippen molar-refractivity contribution in [3.63, 3.8) is 0 Å².